The molecule has 2 amide bonds. The second-order valence-electron chi connectivity index (χ2n) is 5.70. The standard InChI is InChI=1S/C17H12ClF3N2O2/c18-12-8-11(17(19,20)21)9-22-14(12)16(10-4-2-1-3-5-10)7-6-13(24)23-15(16)25/h1-5,8-9H,6-7H2,(H,23,24,25)/t16-/m1/s1. The van der Waals surface area contributed by atoms with Crippen LogP contribution in [0.4, 0.5) is 13.2 Å². The number of carbonyl (C=O) groups excluding carboxylic acids is 2. The van der Waals surface area contributed by atoms with Crippen molar-refractivity contribution < 1.29 is 22.8 Å². The first kappa shape index (κ1) is 17.4. The van der Waals surface area contributed by atoms with Gasteiger partial charge < -0.3 is 0 Å². The number of rotatable bonds is 2. The maximum Gasteiger partial charge on any atom is 0.417 e. The van der Waals surface area contributed by atoms with E-state index < -0.39 is 29.0 Å². The maximum absolute atomic E-state index is 12.9. The minimum atomic E-state index is -4.60. The molecule has 0 aliphatic carbocycles. The summed E-state index contributed by atoms with van der Waals surface area (Å²) in [6, 6.07) is 9.19. The van der Waals surface area contributed by atoms with E-state index in [9.17, 15) is 22.8 Å². The van der Waals surface area contributed by atoms with E-state index in [0.717, 1.165) is 6.07 Å². The summed E-state index contributed by atoms with van der Waals surface area (Å²) in [6.07, 6.45) is -3.85. The van der Waals surface area contributed by atoms with Gasteiger partial charge in [-0.2, -0.15) is 13.2 Å². The van der Waals surface area contributed by atoms with E-state index in [4.69, 9.17) is 11.6 Å². The Morgan fingerprint density at radius 2 is 1.84 bits per heavy atom. The molecule has 2 aromatic rings. The molecule has 0 unspecified atom stereocenters. The topological polar surface area (TPSA) is 59.1 Å². The van der Waals surface area contributed by atoms with Gasteiger partial charge in [0.05, 0.1) is 16.3 Å². The third kappa shape index (κ3) is 3.00. The molecule has 1 aliphatic heterocycles. The van der Waals surface area contributed by atoms with Crippen molar-refractivity contribution in [1.82, 2.24) is 10.3 Å². The molecule has 25 heavy (non-hydrogen) atoms. The maximum atomic E-state index is 12.9. The smallest absolute Gasteiger partial charge is 0.295 e. The molecule has 1 fully saturated rings. The van der Waals surface area contributed by atoms with Crippen molar-refractivity contribution in [3.05, 3.63) is 64.4 Å². The monoisotopic (exact) mass is 368 g/mol. The number of amides is 2. The zero-order valence-corrected chi connectivity index (χ0v) is 13.5. The Hall–Kier alpha value is -2.41. The molecule has 1 atom stereocenters. The van der Waals surface area contributed by atoms with Crippen LogP contribution < -0.4 is 5.32 Å². The molecule has 0 bridgehead atoms. The van der Waals surface area contributed by atoms with Crippen molar-refractivity contribution in [2.24, 2.45) is 0 Å². The van der Waals surface area contributed by atoms with Gasteiger partial charge in [-0.25, -0.2) is 0 Å². The molecule has 0 spiro atoms. The number of nitrogens with zero attached hydrogens (tertiary/aromatic N) is 1. The number of alkyl halides is 3. The van der Waals surface area contributed by atoms with Gasteiger partial charge in [0, 0.05) is 12.6 Å². The van der Waals surface area contributed by atoms with Gasteiger partial charge in [0.2, 0.25) is 11.8 Å². The minimum absolute atomic E-state index is 0.00151. The number of hydrogen-bond acceptors (Lipinski definition) is 3. The van der Waals surface area contributed by atoms with Crippen LogP contribution >= 0.6 is 11.6 Å². The molecular weight excluding hydrogens is 357 g/mol. The summed E-state index contributed by atoms with van der Waals surface area (Å²) in [5.41, 5.74) is -1.92. The zero-order valence-electron chi connectivity index (χ0n) is 12.7. The van der Waals surface area contributed by atoms with E-state index in [1.165, 1.54) is 0 Å². The Bertz CT molecular complexity index is 840. The molecule has 1 aliphatic rings. The Kier molecular flexibility index (Phi) is 4.28. The third-order valence-corrected chi connectivity index (χ3v) is 4.50. The lowest BCUT2D eigenvalue weighted by Crippen LogP contribution is -2.52. The van der Waals surface area contributed by atoms with E-state index in [-0.39, 0.29) is 23.6 Å². The van der Waals surface area contributed by atoms with Crippen molar-refractivity contribution in [2.75, 3.05) is 0 Å². The molecule has 1 saturated heterocycles. The van der Waals surface area contributed by atoms with Gasteiger partial charge >= 0.3 is 6.18 Å². The predicted octanol–water partition coefficient (Wildman–Crippen LogP) is 3.48. The lowest BCUT2D eigenvalue weighted by molar-refractivity contribution is -0.138. The predicted molar refractivity (Wildman–Crippen MR) is 83.9 cm³/mol. The first-order valence-electron chi connectivity index (χ1n) is 7.38. The summed E-state index contributed by atoms with van der Waals surface area (Å²) in [7, 11) is 0. The summed E-state index contributed by atoms with van der Waals surface area (Å²) < 4.78 is 38.6. The van der Waals surface area contributed by atoms with Gasteiger partial charge in [-0.05, 0) is 18.1 Å². The summed E-state index contributed by atoms with van der Waals surface area (Å²) >= 11 is 6.08. The quantitative estimate of drug-likeness (QED) is 0.826. The molecule has 0 saturated carbocycles. The number of benzene rings is 1. The lowest BCUT2D eigenvalue weighted by atomic mass is 9.71. The molecule has 130 valence electrons. The first-order chi connectivity index (χ1) is 11.7. The Morgan fingerprint density at radius 1 is 1.16 bits per heavy atom. The average Bonchev–Trinajstić information content (AvgIpc) is 2.56. The van der Waals surface area contributed by atoms with Gasteiger partial charge in [-0.3, -0.25) is 19.9 Å². The minimum Gasteiger partial charge on any atom is -0.295 e. The van der Waals surface area contributed by atoms with E-state index >= 15 is 0 Å². The molecule has 4 nitrogen and oxygen atoms in total. The summed E-state index contributed by atoms with van der Waals surface area (Å²) in [4.78, 5) is 28.1. The second kappa shape index (κ2) is 6.15. The molecule has 3 rings (SSSR count). The van der Waals surface area contributed by atoms with E-state index in [0.29, 0.717) is 11.8 Å². The number of halogens is 4. The fraction of sp³-hybridized carbons (Fsp3) is 0.235. The molecule has 1 aromatic carbocycles. The highest BCUT2D eigenvalue weighted by atomic mass is 35.5. The van der Waals surface area contributed by atoms with Crippen molar-refractivity contribution >= 4 is 23.4 Å². The molecular formula is C17H12ClF3N2O2. The highest BCUT2D eigenvalue weighted by Gasteiger charge is 2.48. The zero-order chi connectivity index (χ0) is 18.2. The van der Waals surface area contributed by atoms with Crippen LogP contribution in [-0.2, 0) is 21.2 Å². The van der Waals surface area contributed by atoms with Crippen molar-refractivity contribution in [3.8, 4) is 0 Å². The van der Waals surface area contributed by atoms with Gasteiger partial charge in [0.1, 0.15) is 5.41 Å². The first-order valence-corrected chi connectivity index (χ1v) is 7.76. The van der Waals surface area contributed by atoms with Crippen molar-refractivity contribution in [1.29, 1.82) is 0 Å². The Morgan fingerprint density at radius 3 is 2.40 bits per heavy atom. The third-order valence-electron chi connectivity index (χ3n) is 4.21. The number of imide groups is 1. The van der Waals surface area contributed by atoms with Crippen LogP contribution in [0.5, 0.6) is 0 Å². The normalized spacial score (nSPS) is 21.1. The second-order valence-corrected chi connectivity index (χ2v) is 6.11. The lowest BCUT2D eigenvalue weighted by Gasteiger charge is -2.36. The Balaban J connectivity index is 2.20. The van der Waals surface area contributed by atoms with Gasteiger partial charge in [0.25, 0.3) is 0 Å². The number of piperidine rings is 1. The van der Waals surface area contributed by atoms with Gasteiger partial charge in [-0.1, -0.05) is 41.9 Å². The number of hydrogen-bond donors (Lipinski definition) is 1. The molecule has 1 aromatic heterocycles. The number of carbonyl (C=O) groups is 2. The van der Waals surface area contributed by atoms with Crippen LogP contribution in [0, 0.1) is 0 Å². The highest BCUT2D eigenvalue weighted by Crippen LogP contribution is 2.42. The molecule has 2 heterocycles. The molecule has 8 heteroatoms. The van der Waals surface area contributed by atoms with Crippen molar-refractivity contribution in [3.63, 3.8) is 0 Å². The fourth-order valence-electron chi connectivity index (χ4n) is 2.98. The van der Waals surface area contributed by atoms with Gasteiger partial charge in [-0.15, -0.1) is 0 Å². The van der Waals surface area contributed by atoms with Crippen LogP contribution in [0.25, 0.3) is 0 Å². The van der Waals surface area contributed by atoms with Crippen molar-refractivity contribution in [2.45, 2.75) is 24.4 Å². The molecule has 1 N–H and O–H groups in total. The number of nitrogens with one attached hydrogen (secondary N) is 1. The number of pyridine rings is 1. The largest absolute Gasteiger partial charge is 0.417 e. The van der Waals surface area contributed by atoms with Crippen LogP contribution in [0.15, 0.2) is 42.6 Å². The SMILES string of the molecule is O=C1CC[C@@](c2ccccc2)(c2ncc(C(F)(F)F)cc2Cl)C(=O)N1. The van der Waals surface area contributed by atoms with Crippen LogP contribution in [0.1, 0.15) is 29.7 Å². The summed E-state index contributed by atoms with van der Waals surface area (Å²) in [5.74, 6) is -1.09. The van der Waals surface area contributed by atoms with E-state index in [1.54, 1.807) is 30.3 Å². The van der Waals surface area contributed by atoms with Crippen LogP contribution in [0.3, 0.4) is 0 Å². The Labute approximate surface area is 146 Å². The highest BCUT2D eigenvalue weighted by molar-refractivity contribution is 6.32. The summed E-state index contributed by atoms with van der Waals surface area (Å²) in [6.45, 7) is 0. The van der Waals surface area contributed by atoms with E-state index in [2.05, 4.69) is 10.3 Å². The number of aromatic nitrogens is 1. The molecule has 0 radical (unpaired) electrons. The average molecular weight is 369 g/mol. The summed E-state index contributed by atoms with van der Waals surface area (Å²) in [5, 5.41) is 1.97. The van der Waals surface area contributed by atoms with Crippen LogP contribution in [0.2, 0.25) is 5.02 Å². The van der Waals surface area contributed by atoms with Gasteiger partial charge in [0.15, 0.2) is 0 Å². The fourth-order valence-corrected chi connectivity index (χ4v) is 3.31. The van der Waals surface area contributed by atoms with Crippen LogP contribution in [-0.4, -0.2) is 16.8 Å². The van der Waals surface area contributed by atoms with E-state index in [1.807, 2.05) is 0 Å².